The van der Waals surface area contributed by atoms with E-state index in [1.54, 1.807) is 0 Å². The molecule has 0 amide bonds. The number of nitrogens with zero attached hydrogens (tertiary/aromatic N) is 3. The monoisotopic (exact) mass is 380 g/mol. The maximum Gasteiger partial charge on any atom is 0.194 e. The van der Waals surface area contributed by atoms with Crippen LogP contribution in [0.25, 0.3) is 0 Å². The molecule has 2 saturated heterocycles. The number of likely N-dealkylation sites (N-methyl/N-ethyl adjacent to an activating group) is 1. The van der Waals surface area contributed by atoms with Crippen molar-refractivity contribution in [3.8, 4) is 0 Å². The van der Waals surface area contributed by atoms with Gasteiger partial charge in [0.05, 0.1) is 19.3 Å². The normalized spacial score (nSPS) is 35.7. The van der Waals surface area contributed by atoms with E-state index in [1.807, 2.05) is 0 Å². The molecule has 4 unspecified atom stereocenters. The van der Waals surface area contributed by atoms with E-state index in [2.05, 4.69) is 43.1 Å². The highest BCUT2D eigenvalue weighted by atomic mass is 16.5. The summed E-state index contributed by atoms with van der Waals surface area (Å²) in [7, 11) is 4.45. The number of morpholine rings is 1. The molecule has 1 saturated carbocycles. The summed E-state index contributed by atoms with van der Waals surface area (Å²) in [5.41, 5.74) is 0.193. The fourth-order valence-electron chi connectivity index (χ4n) is 4.96. The van der Waals surface area contributed by atoms with E-state index in [9.17, 15) is 0 Å². The maximum absolute atomic E-state index is 6.03. The minimum absolute atomic E-state index is 0.169. The van der Waals surface area contributed by atoms with Gasteiger partial charge < -0.3 is 24.6 Å². The van der Waals surface area contributed by atoms with Gasteiger partial charge >= 0.3 is 0 Å². The standard InChI is InChI=1S/C21H40N4O2/c1-5-22-20(23-16-21(24(3)4)10-6-8-17(2)14-21)25-11-13-27-19(15-25)18-9-7-12-26-18/h17-19H,5-16H2,1-4H3,(H,22,23). The second-order valence-electron chi connectivity index (χ2n) is 8.90. The molecule has 4 atom stereocenters. The summed E-state index contributed by atoms with van der Waals surface area (Å²) in [4.78, 5) is 9.95. The third-order valence-corrected chi connectivity index (χ3v) is 6.65. The fraction of sp³-hybridized carbons (Fsp3) is 0.952. The Morgan fingerprint density at radius 2 is 2.00 bits per heavy atom. The van der Waals surface area contributed by atoms with Crippen LogP contribution in [0.15, 0.2) is 4.99 Å². The zero-order valence-corrected chi connectivity index (χ0v) is 17.9. The average Bonchev–Trinajstić information content (AvgIpc) is 3.20. The third kappa shape index (κ3) is 5.15. The number of nitrogens with one attached hydrogen (secondary N) is 1. The molecular formula is C21H40N4O2. The minimum Gasteiger partial charge on any atom is -0.375 e. The molecule has 3 rings (SSSR count). The predicted octanol–water partition coefficient (Wildman–Crippen LogP) is 2.34. The zero-order valence-electron chi connectivity index (χ0n) is 17.9. The first-order chi connectivity index (χ1) is 13.0. The quantitative estimate of drug-likeness (QED) is 0.586. The van der Waals surface area contributed by atoms with Gasteiger partial charge in [-0.05, 0) is 52.6 Å². The first kappa shape index (κ1) is 20.9. The smallest absolute Gasteiger partial charge is 0.194 e. The van der Waals surface area contributed by atoms with Gasteiger partial charge in [-0.1, -0.05) is 19.8 Å². The maximum atomic E-state index is 6.03. The predicted molar refractivity (Wildman–Crippen MR) is 110 cm³/mol. The highest BCUT2D eigenvalue weighted by molar-refractivity contribution is 5.80. The van der Waals surface area contributed by atoms with Crippen LogP contribution in [0.3, 0.4) is 0 Å². The number of aliphatic imine (C=N–C) groups is 1. The van der Waals surface area contributed by atoms with Gasteiger partial charge in [0.2, 0.25) is 0 Å². The highest BCUT2D eigenvalue weighted by Gasteiger charge is 2.37. The molecule has 6 nitrogen and oxygen atoms in total. The number of guanidine groups is 1. The Hall–Kier alpha value is -0.850. The lowest BCUT2D eigenvalue weighted by atomic mass is 9.75. The Labute approximate surface area is 165 Å². The van der Waals surface area contributed by atoms with E-state index < -0.39 is 0 Å². The summed E-state index contributed by atoms with van der Waals surface area (Å²) in [6.07, 6.45) is 7.84. The van der Waals surface area contributed by atoms with Crippen LogP contribution in [0.2, 0.25) is 0 Å². The van der Waals surface area contributed by atoms with Crippen molar-refractivity contribution in [1.82, 2.24) is 15.1 Å². The molecule has 2 heterocycles. The molecule has 1 aliphatic carbocycles. The van der Waals surface area contributed by atoms with Crippen molar-refractivity contribution in [1.29, 1.82) is 0 Å². The van der Waals surface area contributed by atoms with E-state index in [0.717, 1.165) is 64.1 Å². The first-order valence-corrected chi connectivity index (χ1v) is 11.0. The van der Waals surface area contributed by atoms with E-state index in [-0.39, 0.29) is 17.7 Å². The lowest BCUT2D eigenvalue weighted by molar-refractivity contribution is -0.0817. The lowest BCUT2D eigenvalue weighted by Crippen LogP contribution is -2.54. The van der Waals surface area contributed by atoms with Crippen LogP contribution in [0.1, 0.15) is 52.4 Å². The molecule has 3 fully saturated rings. The summed E-state index contributed by atoms with van der Waals surface area (Å²) in [6, 6.07) is 0. The number of ether oxygens (including phenoxy) is 2. The Morgan fingerprint density at radius 3 is 2.67 bits per heavy atom. The minimum atomic E-state index is 0.169. The summed E-state index contributed by atoms with van der Waals surface area (Å²) >= 11 is 0. The van der Waals surface area contributed by atoms with Crippen molar-refractivity contribution >= 4 is 5.96 Å². The van der Waals surface area contributed by atoms with Crippen molar-refractivity contribution in [2.24, 2.45) is 10.9 Å². The number of hydrogen-bond donors (Lipinski definition) is 1. The van der Waals surface area contributed by atoms with Crippen LogP contribution in [0, 0.1) is 5.92 Å². The molecule has 0 aromatic rings. The Bertz CT molecular complexity index is 493. The number of rotatable bonds is 5. The number of hydrogen-bond acceptors (Lipinski definition) is 4. The Morgan fingerprint density at radius 1 is 1.19 bits per heavy atom. The molecule has 6 heteroatoms. The van der Waals surface area contributed by atoms with Gasteiger partial charge in [-0.2, -0.15) is 0 Å². The van der Waals surface area contributed by atoms with E-state index in [1.165, 1.54) is 25.7 Å². The van der Waals surface area contributed by atoms with E-state index in [0.29, 0.717) is 0 Å². The molecular weight excluding hydrogens is 340 g/mol. The average molecular weight is 381 g/mol. The van der Waals surface area contributed by atoms with Gasteiger partial charge in [0.1, 0.15) is 6.10 Å². The van der Waals surface area contributed by atoms with Crippen molar-refractivity contribution in [3.05, 3.63) is 0 Å². The molecule has 1 N–H and O–H groups in total. The van der Waals surface area contributed by atoms with Crippen molar-refractivity contribution in [3.63, 3.8) is 0 Å². The largest absolute Gasteiger partial charge is 0.375 e. The van der Waals surface area contributed by atoms with Crippen LogP contribution in [-0.4, -0.2) is 87.0 Å². The molecule has 3 aliphatic rings. The van der Waals surface area contributed by atoms with Crippen LogP contribution in [-0.2, 0) is 9.47 Å². The highest BCUT2D eigenvalue weighted by Crippen LogP contribution is 2.36. The molecule has 0 bridgehead atoms. The van der Waals surface area contributed by atoms with Crippen LogP contribution in [0.5, 0.6) is 0 Å². The molecule has 0 aromatic carbocycles. The van der Waals surface area contributed by atoms with Crippen LogP contribution >= 0.6 is 0 Å². The van der Waals surface area contributed by atoms with Crippen molar-refractivity contribution in [2.45, 2.75) is 70.1 Å². The molecule has 0 radical (unpaired) electrons. The second kappa shape index (κ2) is 9.57. The summed E-state index contributed by atoms with van der Waals surface area (Å²) in [5, 5.41) is 3.53. The van der Waals surface area contributed by atoms with Crippen molar-refractivity contribution in [2.75, 3.05) is 53.5 Å². The van der Waals surface area contributed by atoms with Gasteiger partial charge in [0, 0.05) is 31.8 Å². The summed E-state index contributed by atoms with van der Waals surface area (Å²) in [6.45, 7) is 9.72. The molecule has 0 aromatic heterocycles. The van der Waals surface area contributed by atoms with Gasteiger partial charge in [0.15, 0.2) is 5.96 Å². The summed E-state index contributed by atoms with van der Waals surface area (Å²) in [5.74, 6) is 1.83. The van der Waals surface area contributed by atoms with Gasteiger partial charge in [0.25, 0.3) is 0 Å². The lowest BCUT2D eigenvalue weighted by Gasteiger charge is -2.44. The molecule has 2 aliphatic heterocycles. The van der Waals surface area contributed by atoms with Crippen LogP contribution < -0.4 is 5.32 Å². The topological polar surface area (TPSA) is 49.3 Å². The van der Waals surface area contributed by atoms with E-state index in [4.69, 9.17) is 14.5 Å². The van der Waals surface area contributed by atoms with Gasteiger partial charge in [-0.25, -0.2) is 0 Å². The Kier molecular flexibility index (Phi) is 7.40. The fourth-order valence-corrected chi connectivity index (χ4v) is 4.96. The molecule has 0 spiro atoms. The van der Waals surface area contributed by atoms with E-state index >= 15 is 0 Å². The molecule has 27 heavy (non-hydrogen) atoms. The van der Waals surface area contributed by atoms with Gasteiger partial charge in [-0.15, -0.1) is 0 Å². The van der Waals surface area contributed by atoms with Gasteiger partial charge in [-0.3, -0.25) is 4.99 Å². The Balaban J connectivity index is 1.69. The first-order valence-electron chi connectivity index (χ1n) is 11.0. The summed E-state index contributed by atoms with van der Waals surface area (Å²) < 4.78 is 11.9. The third-order valence-electron chi connectivity index (χ3n) is 6.65. The van der Waals surface area contributed by atoms with Crippen molar-refractivity contribution < 1.29 is 9.47 Å². The SMILES string of the molecule is CCNC(=NCC1(N(C)C)CCCC(C)C1)N1CCOC(C2CCCO2)C1. The molecule has 156 valence electrons. The second-order valence-corrected chi connectivity index (χ2v) is 8.90. The van der Waals surface area contributed by atoms with Crippen LogP contribution in [0.4, 0.5) is 0 Å². The zero-order chi connectivity index (χ0) is 19.3.